The first kappa shape index (κ1) is 25.5. The fourth-order valence-electron chi connectivity index (χ4n) is 2.99. The van der Waals surface area contributed by atoms with Crippen LogP contribution in [0, 0.1) is 10.1 Å². The van der Waals surface area contributed by atoms with E-state index in [9.17, 15) is 28.1 Å². The van der Waals surface area contributed by atoms with Gasteiger partial charge in [0.1, 0.15) is 11.5 Å². The van der Waals surface area contributed by atoms with Crippen molar-refractivity contribution in [1.29, 1.82) is 0 Å². The smallest absolute Gasteiger partial charge is 0.416 e. The third-order valence-electron chi connectivity index (χ3n) is 4.68. The maximum Gasteiger partial charge on any atom is 0.416 e. The van der Waals surface area contributed by atoms with Crippen LogP contribution in [0.2, 0.25) is 5.02 Å². The number of rotatable bonds is 9. The van der Waals surface area contributed by atoms with Gasteiger partial charge in [0.05, 0.1) is 35.3 Å². The Morgan fingerprint density at radius 3 is 2.53 bits per heavy atom. The average molecular weight is 505 g/mol. The largest absolute Gasteiger partial charge is 0.473 e. The van der Waals surface area contributed by atoms with Crippen LogP contribution < -0.4 is 14.8 Å². The quantitative estimate of drug-likeness (QED) is 0.389. The first-order valence-corrected chi connectivity index (χ1v) is 10.5. The number of hydrogen-bond acceptors (Lipinski definition) is 7. The average Bonchev–Trinajstić information content (AvgIpc) is 3.30. The van der Waals surface area contributed by atoms with Crippen LogP contribution in [0.15, 0.2) is 36.4 Å². The molecule has 1 atom stereocenters. The summed E-state index contributed by atoms with van der Waals surface area (Å²) in [5.74, 6) is -0.894. The van der Waals surface area contributed by atoms with Gasteiger partial charge in [-0.05, 0) is 30.7 Å². The number of hydrogen-bond donors (Lipinski definition) is 1. The van der Waals surface area contributed by atoms with E-state index < -0.39 is 40.7 Å². The molecule has 3 rings (SSSR count). The normalized spacial score (nSPS) is 15.1. The van der Waals surface area contributed by atoms with Gasteiger partial charge in [0.25, 0.3) is 5.91 Å². The molecule has 1 aliphatic rings. The van der Waals surface area contributed by atoms with Crippen LogP contribution in [0.5, 0.6) is 17.2 Å². The topological polar surface area (TPSA) is 109 Å². The molecule has 0 saturated carbocycles. The molecule has 0 bridgehead atoms. The number of alkyl halides is 3. The van der Waals surface area contributed by atoms with E-state index in [0.29, 0.717) is 19.3 Å². The molecule has 1 unspecified atom stereocenters. The maximum absolute atomic E-state index is 12.8. The first-order chi connectivity index (χ1) is 16.1. The summed E-state index contributed by atoms with van der Waals surface area (Å²) in [6.07, 6.45) is -6.06. The predicted octanol–water partition coefficient (Wildman–Crippen LogP) is 4.71. The van der Waals surface area contributed by atoms with E-state index in [1.165, 1.54) is 6.07 Å². The molecule has 184 valence electrons. The Balaban J connectivity index is 1.77. The molecule has 0 aliphatic carbocycles. The minimum Gasteiger partial charge on any atom is -0.473 e. The molecule has 13 heteroatoms. The summed E-state index contributed by atoms with van der Waals surface area (Å²) in [5, 5.41) is 13.7. The first-order valence-electron chi connectivity index (χ1n) is 10.1. The molecule has 0 aromatic heterocycles. The third kappa shape index (κ3) is 6.49. The van der Waals surface area contributed by atoms with Gasteiger partial charge in [-0.15, -0.1) is 0 Å². The van der Waals surface area contributed by atoms with Gasteiger partial charge >= 0.3 is 11.9 Å². The molecule has 0 spiro atoms. The van der Waals surface area contributed by atoms with E-state index in [-0.39, 0.29) is 35.2 Å². The zero-order chi connectivity index (χ0) is 24.9. The Labute approximate surface area is 196 Å². The zero-order valence-corrected chi connectivity index (χ0v) is 18.5. The van der Waals surface area contributed by atoms with E-state index >= 15 is 0 Å². The number of benzene rings is 2. The zero-order valence-electron chi connectivity index (χ0n) is 17.8. The van der Waals surface area contributed by atoms with Crippen LogP contribution in [0.25, 0.3) is 0 Å². The van der Waals surface area contributed by atoms with Crippen molar-refractivity contribution in [3.63, 3.8) is 0 Å². The standard InChI is InChI=1S/C21H20ClF3N2O7/c1-2-16(20(28)26-11-19-31-7-8-32-19)34-18-10-13(4-5-15(18)27(29)30)33-17-6-3-12(9-14(17)22)21(23,24)25/h3-6,9-10,16,19H,2,7-8,11H2,1H3,(H,26,28). The lowest BCUT2D eigenvalue weighted by molar-refractivity contribution is -0.386. The number of carbonyl (C=O) groups excluding carboxylic acids is 1. The van der Waals surface area contributed by atoms with Gasteiger partial charge in [-0.3, -0.25) is 14.9 Å². The van der Waals surface area contributed by atoms with E-state index in [1.807, 2.05) is 0 Å². The highest BCUT2D eigenvalue weighted by Gasteiger charge is 2.31. The highest BCUT2D eigenvalue weighted by Crippen LogP contribution is 2.38. The molecule has 1 amide bonds. The molecule has 1 saturated heterocycles. The van der Waals surface area contributed by atoms with Gasteiger partial charge in [-0.1, -0.05) is 18.5 Å². The fourth-order valence-corrected chi connectivity index (χ4v) is 3.21. The number of carbonyl (C=O) groups is 1. The lowest BCUT2D eigenvalue weighted by Crippen LogP contribution is -2.41. The number of nitrogens with zero attached hydrogens (tertiary/aromatic N) is 1. The SMILES string of the molecule is CCC(Oc1cc(Oc2ccc(C(F)(F)F)cc2Cl)ccc1[N+](=O)[O-])C(=O)NCC1OCCO1. The van der Waals surface area contributed by atoms with E-state index in [0.717, 1.165) is 24.3 Å². The van der Waals surface area contributed by atoms with Crippen molar-refractivity contribution >= 4 is 23.2 Å². The molecule has 2 aromatic carbocycles. The predicted molar refractivity (Wildman–Crippen MR) is 113 cm³/mol. The third-order valence-corrected chi connectivity index (χ3v) is 4.98. The number of ether oxygens (including phenoxy) is 4. The number of nitro groups is 1. The minimum atomic E-state index is -4.58. The molecular formula is C21H20ClF3N2O7. The van der Waals surface area contributed by atoms with E-state index in [4.69, 9.17) is 30.5 Å². The lowest BCUT2D eigenvalue weighted by atomic mass is 10.2. The van der Waals surface area contributed by atoms with Crippen LogP contribution in [0.3, 0.4) is 0 Å². The van der Waals surface area contributed by atoms with Crippen LogP contribution in [-0.2, 0) is 20.4 Å². The number of nitro benzene ring substituents is 1. The van der Waals surface area contributed by atoms with Crippen molar-refractivity contribution in [2.45, 2.75) is 31.9 Å². The molecule has 1 N–H and O–H groups in total. The van der Waals surface area contributed by atoms with Crippen LogP contribution in [0.1, 0.15) is 18.9 Å². The van der Waals surface area contributed by atoms with Gasteiger partial charge in [-0.2, -0.15) is 13.2 Å². The Morgan fingerprint density at radius 2 is 1.94 bits per heavy atom. The minimum absolute atomic E-state index is 0.00488. The van der Waals surface area contributed by atoms with E-state index in [1.54, 1.807) is 6.92 Å². The highest BCUT2D eigenvalue weighted by atomic mass is 35.5. The second kappa shape index (κ2) is 10.9. The van der Waals surface area contributed by atoms with Crippen LogP contribution >= 0.6 is 11.6 Å². The molecule has 34 heavy (non-hydrogen) atoms. The maximum atomic E-state index is 12.8. The molecule has 1 aliphatic heterocycles. The second-order valence-corrected chi connectivity index (χ2v) is 7.47. The Kier molecular flexibility index (Phi) is 8.18. The van der Waals surface area contributed by atoms with Crippen molar-refractivity contribution in [2.24, 2.45) is 0 Å². The molecule has 0 radical (unpaired) electrons. The summed E-state index contributed by atoms with van der Waals surface area (Å²) in [5.41, 5.74) is -1.39. The molecule has 1 heterocycles. The number of amides is 1. The lowest BCUT2D eigenvalue weighted by Gasteiger charge is -2.19. The molecule has 2 aromatic rings. The number of halogens is 4. The van der Waals surface area contributed by atoms with Crippen molar-refractivity contribution in [3.05, 3.63) is 57.1 Å². The summed E-state index contributed by atoms with van der Waals surface area (Å²) >= 11 is 5.91. The number of nitrogens with one attached hydrogen (secondary N) is 1. The van der Waals surface area contributed by atoms with E-state index in [2.05, 4.69) is 5.32 Å². The summed E-state index contributed by atoms with van der Waals surface area (Å²) < 4.78 is 60.1. The highest BCUT2D eigenvalue weighted by molar-refractivity contribution is 6.32. The molecule has 9 nitrogen and oxygen atoms in total. The van der Waals surface area contributed by atoms with Crippen molar-refractivity contribution in [3.8, 4) is 17.2 Å². The Morgan fingerprint density at radius 1 is 1.24 bits per heavy atom. The van der Waals surface area contributed by atoms with Crippen LogP contribution in [-0.4, -0.2) is 43.0 Å². The van der Waals surface area contributed by atoms with Crippen molar-refractivity contribution in [1.82, 2.24) is 5.32 Å². The molecule has 1 fully saturated rings. The van der Waals surface area contributed by atoms with Gasteiger partial charge in [0.15, 0.2) is 12.4 Å². The summed E-state index contributed by atoms with van der Waals surface area (Å²) in [7, 11) is 0. The van der Waals surface area contributed by atoms with Crippen LogP contribution in [0.4, 0.5) is 18.9 Å². The summed E-state index contributed by atoms with van der Waals surface area (Å²) in [6.45, 7) is 2.56. The summed E-state index contributed by atoms with van der Waals surface area (Å²) in [4.78, 5) is 23.2. The molecular weight excluding hydrogens is 485 g/mol. The van der Waals surface area contributed by atoms with Crippen molar-refractivity contribution < 1.29 is 41.8 Å². The van der Waals surface area contributed by atoms with Gasteiger partial charge < -0.3 is 24.3 Å². The second-order valence-electron chi connectivity index (χ2n) is 7.06. The summed E-state index contributed by atoms with van der Waals surface area (Å²) in [6, 6.07) is 6.00. The van der Waals surface area contributed by atoms with Gasteiger partial charge in [-0.25, -0.2) is 0 Å². The van der Waals surface area contributed by atoms with Gasteiger partial charge in [0.2, 0.25) is 5.75 Å². The van der Waals surface area contributed by atoms with Gasteiger partial charge in [0, 0.05) is 12.1 Å². The Hall–Kier alpha value is -3.09. The Bertz CT molecular complexity index is 1050. The monoisotopic (exact) mass is 504 g/mol. The fraction of sp³-hybridized carbons (Fsp3) is 0.381. The van der Waals surface area contributed by atoms with Crippen molar-refractivity contribution in [2.75, 3.05) is 19.8 Å².